The molecule has 0 N–H and O–H groups in total. The molecule has 44 heavy (non-hydrogen) atoms. The van der Waals surface area contributed by atoms with Crippen LogP contribution in [-0.4, -0.2) is 84.6 Å². The van der Waals surface area contributed by atoms with E-state index >= 15 is 9.13 Å². The molecule has 1 aliphatic rings. The van der Waals surface area contributed by atoms with Crippen molar-refractivity contribution in [3.63, 3.8) is 0 Å². The Morgan fingerprint density at radius 3 is 0.705 bits per heavy atom. The summed E-state index contributed by atoms with van der Waals surface area (Å²) in [6.07, 6.45) is 0. The van der Waals surface area contributed by atoms with Crippen molar-refractivity contribution in [2.75, 3.05) is 56.4 Å². The lowest BCUT2D eigenvalue weighted by molar-refractivity contribution is 0.464. The average Bonchev–Trinajstić information content (AvgIpc) is 3.02. The van der Waals surface area contributed by atoms with Crippen LogP contribution in [0.2, 0.25) is 0 Å². The van der Waals surface area contributed by atoms with Gasteiger partial charge in [-0.05, 0) is 91.4 Å². The molecule has 0 saturated heterocycles. The highest BCUT2D eigenvalue weighted by Gasteiger charge is 2.64. The van der Waals surface area contributed by atoms with Gasteiger partial charge in [-0.15, -0.1) is 0 Å². The lowest BCUT2D eigenvalue weighted by Gasteiger charge is -2.57. The number of hydrogen-bond acceptors (Lipinski definition) is 2. The fourth-order valence-corrected chi connectivity index (χ4v) is 37.6. The van der Waals surface area contributed by atoms with Crippen LogP contribution in [0.4, 0.5) is 0 Å². The van der Waals surface area contributed by atoms with Crippen molar-refractivity contribution in [3.05, 3.63) is 121 Å². The van der Waals surface area contributed by atoms with E-state index in [1.807, 2.05) is 99.3 Å². The van der Waals surface area contributed by atoms with E-state index in [0.717, 1.165) is 30.8 Å². The van der Waals surface area contributed by atoms with Crippen molar-refractivity contribution in [1.82, 2.24) is 18.7 Å². The maximum atomic E-state index is 16.3. The summed E-state index contributed by atoms with van der Waals surface area (Å²) in [5.74, 6) is 0. The lowest BCUT2D eigenvalue weighted by atomic mass is 10.4. The van der Waals surface area contributed by atoms with Crippen molar-refractivity contribution in [2.24, 2.45) is 0 Å². The second-order valence-corrected chi connectivity index (χ2v) is 26.7. The maximum absolute atomic E-state index is 16.3. The molecule has 0 aromatic heterocycles. The summed E-state index contributed by atoms with van der Waals surface area (Å²) in [7, 11) is 8.56. The van der Waals surface area contributed by atoms with Gasteiger partial charge in [-0.1, -0.05) is 121 Å². The van der Waals surface area contributed by atoms with E-state index in [1.54, 1.807) is 0 Å². The van der Waals surface area contributed by atoms with E-state index in [4.69, 9.17) is 0 Å². The van der Waals surface area contributed by atoms with Gasteiger partial charge in [-0.2, -0.15) is 0 Å². The SMILES string of the molecule is CN(C)P(=O)(C1=P(c2ccccc2)(c2ccccc2)C(P(=O)(N(C)C)N(C)C)=P1(c1ccccc1)c1ccccc1)N(C)C. The molecular weight excluding hydrogens is 620 g/mol. The summed E-state index contributed by atoms with van der Waals surface area (Å²) >= 11 is 0. The minimum Gasteiger partial charge on any atom is -0.283 e. The molecule has 0 radical (unpaired) electrons. The van der Waals surface area contributed by atoms with Crippen LogP contribution < -0.4 is 21.2 Å². The van der Waals surface area contributed by atoms with Crippen LogP contribution in [-0.2, 0) is 9.13 Å². The summed E-state index contributed by atoms with van der Waals surface area (Å²) in [6, 6.07) is 41.9. The Hall–Kier alpha value is -2.22. The molecule has 1 aliphatic heterocycles. The standard InChI is InChI=1S/C34H44N4O2P4/c1-35(2)43(39,36(3)4)33-41(29-21-13-9-14-22-29,30-23-15-10-16-24-30)34(44(40,37(5)6)38(7)8)42(33,31-25-17-11-18-26-31)32-27-19-12-20-28-32/h9-28H,1-8H3. The Kier molecular flexibility index (Phi) is 9.44. The number of rotatable bonds is 10. The van der Waals surface area contributed by atoms with Gasteiger partial charge in [-0.3, -0.25) is 9.13 Å². The summed E-state index contributed by atoms with van der Waals surface area (Å²) in [5.41, 5.74) is 0. The fraction of sp³-hybridized carbons (Fsp3) is 0.235. The maximum Gasteiger partial charge on any atom is 0.246 e. The van der Waals surface area contributed by atoms with E-state index in [0.29, 0.717) is 0 Å². The van der Waals surface area contributed by atoms with Crippen molar-refractivity contribution in [2.45, 2.75) is 0 Å². The van der Waals surface area contributed by atoms with Gasteiger partial charge in [0.25, 0.3) is 0 Å². The molecule has 4 aromatic carbocycles. The monoisotopic (exact) mass is 664 g/mol. The van der Waals surface area contributed by atoms with Gasteiger partial charge in [0.05, 0.1) is 9.55 Å². The predicted molar refractivity (Wildman–Crippen MR) is 198 cm³/mol. The minimum absolute atomic E-state index is 1.03. The molecule has 4 aromatic rings. The summed E-state index contributed by atoms with van der Waals surface area (Å²) in [4.78, 5) is 0. The van der Waals surface area contributed by atoms with Gasteiger partial charge in [0.15, 0.2) is 0 Å². The molecule has 0 atom stereocenters. The van der Waals surface area contributed by atoms with E-state index in [-0.39, 0.29) is 0 Å². The molecule has 0 amide bonds. The first kappa shape index (κ1) is 33.2. The third kappa shape index (κ3) is 4.62. The quantitative estimate of drug-likeness (QED) is 0.190. The van der Waals surface area contributed by atoms with Gasteiger partial charge in [0.1, 0.15) is 0 Å². The Labute approximate surface area is 264 Å². The minimum atomic E-state index is -3.44. The Balaban J connectivity index is 2.28. The zero-order chi connectivity index (χ0) is 31.9. The molecule has 0 fully saturated rings. The van der Waals surface area contributed by atoms with Crippen molar-refractivity contribution < 1.29 is 9.13 Å². The van der Waals surface area contributed by atoms with Crippen LogP contribution in [0, 0.1) is 0 Å². The molecule has 232 valence electrons. The number of benzene rings is 4. The predicted octanol–water partition coefficient (Wildman–Crippen LogP) is 6.14. The Bertz CT molecular complexity index is 1580. The van der Waals surface area contributed by atoms with Gasteiger partial charge in [-0.25, -0.2) is 18.7 Å². The van der Waals surface area contributed by atoms with Crippen molar-refractivity contribution in [3.8, 4) is 0 Å². The van der Waals surface area contributed by atoms with Crippen LogP contribution in [0.3, 0.4) is 0 Å². The third-order valence-corrected chi connectivity index (χ3v) is 30.9. The smallest absolute Gasteiger partial charge is 0.246 e. The van der Waals surface area contributed by atoms with Crippen LogP contribution >= 0.6 is 28.7 Å². The van der Waals surface area contributed by atoms with Crippen LogP contribution in [0.25, 0.3) is 0 Å². The topological polar surface area (TPSA) is 47.1 Å². The molecule has 0 bridgehead atoms. The zero-order valence-electron chi connectivity index (χ0n) is 26.9. The van der Waals surface area contributed by atoms with Crippen molar-refractivity contribution in [1.29, 1.82) is 0 Å². The summed E-state index contributed by atoms with van der Waals surface area (Å²) in [5, 5.41) is 4.30. The molecular formula is C34H44N4O2P4. The van der Waals surface area contributed by atoms with Gasteiger partial charge >= 0.3 is 0 Å². The molecule has 10 heteroatoms. The molecule has 0 spiro atoms. The van der Waals surface area contributed by atoms with E-state index < -0.39 is 28.7 Å². The molecule has 0 aliphatic carbocycles. The zero-order valence-corrected chi connectivity index (χ0v) is 30.5. The lowest BCUT2D eigenvalue weighted by Crippen LogP contribution is -2.48. The van der Waals surface area contributed by atoms with E-state index in [9.17, 15) is 0 Å². The molecule has 5 rings (SSSR count). The van der Waals surface area contributed by atoms with Gasteiger partial charge < -0.3 is 0 Å². The highest BCUT2D eigenvalue weighted by atomic mass is 31.3. The molecule has 1 heterocycles. The number of hydrogen-bond donors (Lipinski definition) is 0. The summed E-state index contributed by atoms with van der Waals surface area (Å²) in [6.45, 7) is -5.83. The van der Waals surface area contributed by atoms with Crippen molar-refractivity contribution >= 4 is 59.4 Å². The molecule has 6 nitrogen and oxygen atoms in total. The van der Waals surface area contributed by atoms with Gasteiger partial charge in [0, 0.05) is 0 Å². The van der Waals surface area contributed by atoms with Crippen LogP contribution in [0.5, 0.6) is 0 Å². The first-order valence-corrected chi connectivity index (χ1v) is 21.4. The first-order valence-electron chi connectivity index (χ1n) is 14.6. The normalized spacial score (nSPS) is 16.5. The largest absolute Gasteiger partial charge is 0.283 e. The molecule has 0 unspecified atom stereocenters. The summed E-state index contributed by atoms with van der Waals surface area (Å²) < 4.78 is 42.3. The van der Waals surface area contributed by atoms with E-state index in [1.165, 1.54) is 0 Å². The number of nitrogens with zero attached hydrogens (tertiary/aromatic N) is 4. The van der Waals surface area contributed by atoms with Gasteiger partial charge in [0.2, 0.25) is 14.9 Å². The Morgan fingerprint density at radius 1 is 0.364 bits per heavy atom. The molecule has 0 saturated carbocycles. The highest BCUT2D eigenvalue weighted by molar-refractivity contribution is 8.50. The van der Waals surface area contributed by atoms with E-state index in [2.05, 4.69) is 97.1 Å². The average molecular weight is 665 g/mol. The second-order valence-electron chi connectivity index (χ2n) is 11.8. The fourth-order valence-electron chi connectivity index (χ4n) is 6.63. The van der Waals surface area contributed by atoms with Crippen LogP contribution in [0.1, 0.15) is 0 Å². The van der Waals surface area contributed by atoms with Crippen LogP contribution in [0.15, 0.2) is 121 Å². The Morgan fingerprint density at radius 2 is 0.545 bits per heavy atom. The second kappa shape index (κ2) is 12.5. The first-order chi connectivity index (χ1) is 20.9. The third-order valence-electron chi connectivity index (χ3n) is 8.46. The highest BCUT2D eigenvalue weighted by Crippen LogP contribution is 2.89.